The van der Waals surface area contributed by atoms with Crippen molar-refractivity contribution >= 4 is 23.3 Å². The van der Waals surface area contributed by atoms with Gasteiger partial charge in [-0.3, -0.25) is 0 Å². The summed E-state index contributed by atoms with van der Waals surface area (Å²) in [7, 11) is 0. The summed E-state index contributed by atoms with van der Waals surface area (Å²) in [6.07, 6.45) is 3.88. The molecular weight excluding hydrogens is 244 g/mol. The molecule has 0 bridgehead atoms. The fourth-order valence-corrected chi connectivity index (χ4v) is 2.02. The van der Waals surface area contributed by atoms with Crippen LogP contribution in [0.1, 0.15) is 18.2 Å². The molecule has 0 saturated carbocycles. The Morgan fingerprint density at radius 3 is 2.89 bits per heavy atom. The van der Waals surface area contributed by atoms with Crippen LogP contribution in [0, 0.1) is 11.3 Å². The fraction of sp³-hybridized carbons (Fsp3) is 0.133. The van der Waals surface area contributed by atoms with Gasteiger partial charge in [0, 0.05) is 23.5 Å². The van der Waals surface area contributed by atoms with Crippen molar-refractivity contribution in [3.63, 3.8) is 0 Å². The maximum atomic E-state index is 9.26. The van der Waals surface area contributed by atoms with Crippen molar-refractivity contribution in [1.82, 2.24) is 4.57 Å². The summed E-state index contributed by atoms with van der Waals surface area (Å²) in [5.74, 6) is 0. The Morgan fingerprint density at radius 2 is 2.22 bits per heavy atom. The maximum Gasteiger partial charge on any atom is 0.0998 e. The van der Waals surface area contributed by atoms with Crippen LogP contribution in [0.4, 0.5) is 0 Å². The van der Waals surface area contributed by atoms with Crippen molar-refractivity contribution in [2.45, 2.75) is 13.5 Å². The molecule has 2 rings (SSSR count). The molecule has 2 aromatic rings. The topological polar surface area (TPSA) is 28.7 Å². The van der Waals surface area contributed by atoms with Gasteiger partial charge in [-0.1, -0.05) is 23.7 Å². The van der Waals surface area contributed by atoms with E-state index in [0.29, 0.717) is 10.6 Å². The van der Waals surface area contributed by atoms with Crippen molar-refractivity contribution in [2.24, 2.45) is 0 Å². The Bertz CT molecular complexity index is 617. The van der Waals surface area contributed by atoms with E-state index < -0.39 is 0 Å². The van der Waals surface area contributed by atoms with E-state index in [1.54, 1.807) is 12.1 Å². The van der Waals surface area contributed by atoms with Crippen LogP contribution in [0.15, 0.2) is 42.6 Å². The third-order valence-corrected chi connectivity index (χ3v) is 2.99. The lowest BCUT2D eigenvalue weighted by Crippen LogP contribution is -1.94. The van der Waals surface area contributed by atoms with E-state index in [1.807, 2.05) is 36.5 Å². The van der Waals surface area contributed by atoms with Gasteiger partial charge >= 0.3 is 0 Å². The van der Waals surface area contributed by atoms with Crippen molar-refractivity contribution in [3.8, 4) is 6.07 Å². The number of aryl methyl sites for hydroxylation is 1. The molecule has 2 nitrogen and oxygen atoms in total. The van der Waals surface area contributed by atoms with E-state index in [0.717, 1.165) is 17.8 Å². The number of hydrogen-bond acceptors (Lipinski definition) is 1. The van der Waals surface area contributed by atoms with Gasteiger partial charge < -0.3 is 4.57 Å². The largest absolute Gasteiger partial charge is 0.348 e. The van der Waals surface area contributed by atoms with Gasteiger partial charge in [0.25, 0.3) is 0 Å². The van der Waals surface area contributed by atoms with E-state index in [9.17, 15) is 5.26 Å². The SMILES string of the molecule is CCn1cccc1/C=C(/C#N)c1cccc(Cl)c1. The van der Waals surface area contributed by atoms with E-state index in [2.05, 4.69) is 17.6 Å². The molecular formula is C15H13ClN2. The number of nitriles is 1. The van der Waals surface area contributed by atoms with Crippen LogP contribution in [-0.4, -0.2) is 4.57 Å². The lowest BCUT2D eigenvalue weighted by molar-refractivity contribution is 0.762. The quantitative estimate of drug-likeness (QED) is 0.756. The second kappa shape index (κ2) is 5.57. The van der Waals surface area contributed by atoms with E-state index in [4.69, 9.17) is 11.6 Å². The van der Waals surface area contributed by atoms with Crippen LogP contribution in [-0.2, 0) is 6.54 Å². The van der Waals surface area contributed by atoms with Crippen molar-refractivity contribution < 1.29 is 0 Å². The molecule has 0 atom stereocenters. The molecule has 0 saturated heterocycles. The standard InChI is InChI=1S/C15H13ClN2/c1-2-18-8-4-7-15(18)10-13(11-17)12-5-3-6-14(16)9-12/h3-10H,2H2,1H3/b13-10-. The summed E-state index contributed by atoms with van der Waals surface area (Å²) in [4.78, 5) is 0. The van der Waals surface area contributed by atoms with Crippen LogP contribution >= 0.6 is 11.6 Å². The third kappa shape index (κ3) is 2.64. The highest BCUT2D eigenvalue weighted by Crippen LogP contribution is 2.21. The van der Waals surface area contributed by atoms with Gasteiger partial charge in [0.05, 0.1) is 11.6 Å². The second-order valence-corrected chi connectivity index (χ2v) is 4.34. The molecule has 0 fully saturated rings. The first-order chi connectivity index (χ1) is 8.74. The molecule has 0 amide bonds. The lowest BCUT2D eigenvalue weighted by Gasteiger charge is -2.03. The molecule has 0 spiro atoms. The zero-order valence-electron chi connectivity index (χ0n) is 10.1. The predicted molar refractivity (Wildman–Crippen MR) is 75.0 cm³/mol. The summed E-state index contributed by atoms with van der Waals surface area (Å²) in [6.45, 7) is 2.95. The second-order valence-electron chi connectivity index (χ2n) is 3.90. The van der Waals surface area contributed by atoms with Gasteiger partial charge in [0.2, 0.25) is 0 Å². The average molecular weight is 257 g/mol. The molecule has 1 aromatic carbocycles. The number of benzene rings is 1. The van der Waals surface area contributed by atoms with Crippen LogP contribution in [0.3, 0.4) is 0 Å². The minimum atomic E-state index is 0.617. The predicted octanol–water partition coefficient (Wildman–Crippen LogP) is 4.23. The molecule has 0 unspecified atom stereocenters. The molecule has 0 radical (unpaired) electrons. The fourth-order valence-electron chi connectivity index (χ4n) is 1.83. The Morgan fingerprint density at radius 1 is 1.39 bits per heavy atom. The van der Waals surface area contributed by atoms with Crippen molar-refractivity contribution in [3.05, 3.63) is 58.9 Å². The summed E-state index contributed by atoms with van der Waals surface area (Å²) in [5, 5.41) is 9.90. The molecule has 90 valence electrons. The average Bonchev–Trinajstić information content (AvgIpc) is 2.83. The minimum absolute atomic E-state index is 0.617. The van der Waals surface area contributed by atoms with Gasteiger partial charge in [-0.25, -0.2) is 0 Å². The molecule has 0 aliphatic rings. The lowest BCUT2D eigenvalue weighted by atomic mass is 10.1. The molecule has 18 heavy (non-hydrogen) atoms. The van der Waals surface area contributed by atoms with Crippen LogP contribution in [0.2, 0.25) is 5.02 Å². The van der Waals surface area contributed by atoms with Crippen LogP contribution < -0.4 is 0 Å². The van der Waals surface area contributed by atoms with E-state index in [-0.39, 0.29) is 0 Å². The first-order valence-electron chi connectivity index (χ1n) is 5.77. The number of halogens is 1. The van der Waals surface area contributed by atoms with Crippen molar-refractivity contribution in [1.29, 1.82) is 5.26 Å². The molecule has 1 heterocycles. The Kier molecular flexibility index (Phi) is 3.86. The molecule has 0 N–H and O–H groups in total. The summed E-state index contributed by atoms with van der Waals surface area (Å²) in [5.41, 5.74) is 2.48. The third-order valence-electron chi connectivity index (χ3n) is 2.75. The van der Waals surface area contributed by atoms with Gasteiger partial charge in [0.15, 0.2) is 0 Å². The van der Waals surface area contributed by atoms with E-state index in [1.165, 1.54) is 0 Å². The van der Waals surface area contributed by atoms with Crippen LogP contribution in [0.25, 0.3) is 11.6 Å². The number of aromatic nitrogens is 1. The smallest absolute Gasteiger partial charge is 0.0998 e. The number of nitrogens with zero attached hydrogens (tertiary/aromatic N) is 2. The Hall–Kier alpha value is -1.98. The van der Waals surface area contributed by atoms with Crippen molar-refractivity contribution in [2.75, 3.05) is 0 Å². The number of rotatable bonds is 3. The van der Waals surface area contributed by atoms with E-state index >= 15 is 0 Å². The highest BCUT2D eigenvalue weighted by Gasteiger charge is 2.03. The van der Waals surface area contributed by atoms with Gasteiger partial charge in [-0.15, -0.1) is 0 Å². The maximum absolute atomic E-state index is 9.26. The summed E-state index contributed by atoms with van der Waals surface area (Å²) in [6, 6.07) is 13.5. The number of hydrogen-bond donors (Lipinski definition) is 0. The molecule has 1 aromatic heterocycles. The molecule has 0 aliphatic carbocycles. The molecule has 0 aliphatic heterocycles. The van der Waals surface area contributed by atoms with Crippen LogP contribution in [0.5, 0.6) is 0 Å². The summed E-state index contributed by atoms with van der Waals surface area (Å²) >= 11 is 5.94. The first kappa shape index (κ1) is 12.5. The zero-order chi connectivity index (χ0) is 13.0. The van der Waals surface area contributed by atoms with Gasteiger partial charge in [-0.05, 0) is 42.8 Å². The Labute approximate surface area is 112 Å². The number of allylic oxidation sites excluding steroid dienone is 1. The molecule has 3 heteroatoms. The highest BCUT2D eigenvalue weighted by atomic mass is 35.5. The van der Waals surface area contributed by atoms with Gasteiger partial charge in [0.1, 0.15) is 0 Å². The zero-order valence-corrected chi connectivity index (χ0v) is 10.9. The monoisotopic (exact) mass is 256 g/mol. The normalized spacial score (nSPS) is 11.3. The first-order valence-corrected chi connectivity index (χ1v) is 6.15. The summed E-state index contributed by atoms with van der Waals surface area (Å²) < 4.78 is 2.09. The van der Waals surface area contributed by atoms with Gasteiger partial charge in [-0.2, -0.15) is 5.26 Å². The highest BCUT2D eigenvalue weighted by molar-refractivity contribution is 6.30. The Balaban J connectivity index is 2.44. The minimum Gasteiger partial charge on any atom is -0.348 e.